The third-order valence-corrected chi connectivity index (χ3v) is 3.53. The van der Waals surface area contributed by atoms with Crippen LogP contribution in [0.4, 0.5) is 0 Å². The second-order valence-corrected chi connectivity index (χ2v) is 5.03. The maximum atomic E-state index is 12.4. The largest absolute Gasteiger partial charge is 0.344 e. The van der Waals surface area contributed by atoms with Crippen molar-refractivity contribution in [2.24, 2.45) is 0 Å². The molecule has 0 spiro atoms. The Morgan fingerprint density at radius 2 is 1.95 bits per heavy atom. The molecular formula is C15H20N2O2. The average Bonchev–Trinajstić information content (AvgIpc) is 2.51. The van der Waals surface area contributed by atoms with Gasteiger partial charge >= 0.3 is 0 Å². The zero-order chi connectivity index (χ0) is 13.8. The Morgan fingerprint density at radius 3 is 2.58 bits per heavy atom. The molecule has 1 aromatic rings. The van der Waals surface area contributed by atoms with E-state index in [1.165, 1.54) is 0 Å². The number of benzene rings is 1. The number of nitrogens with zero attached hydrogens (tertiary/aromatic N) is 1. The molecule has 2 amide bonds. The molecule has 0 radical (unpaired) electrons. The highest BCUT2D eigenvalue weighted by atomic mass is 16.2. The molecule has 1 saturated heterocycles. The molecule has 1 aromatic carbocycles. The lowest BCUT2D eigenvalue weighted by atomic mass is 10.1. The van der Waals surface area contributed by atoms with Crippen molar-refractivity contribution in [1.29, 1.82) is 0 Å². The van der Waals surface area contributed by atoms with Crippen molar-refractivity contribution in [3.05, 3.63) is 35.9 Å². The van der Waals surface area contributed by atoms with Crippen LogP contribution < -0.4 is 5.32 Å². The Labute approximate surface area is 113 Å². The van der Waals surface area contributed by atoms with Crippen LogP contribution >= 0.6 is 0 Å². The standard InChI is InChI=1S/C15H20N2O2/c1-3-13-15(19)17(11(2)9-14(18)16-13)10-12-7-5-4-6-8-12/h4-8,11,13H,3,9-10H2,1-2H3,(H,16,18). The first-order valence-electron chi connectivity index (χ1n) is 6.75. The molecule has 0 saturated carbocycles. The average molecular weight is 260 g/mol. The van der Waals surface area contributed by atoms with E-state index in [0.29, 0.717) is 19.4 Å². The molecular weight excluding hydrogens is 240 g/mol. The highest BCUT2D eigenvalue weighted by Crippen LogP contribution is 2.16. The number of hydrogen-bond acceptors (Lipinski definition) is 2. The molecule has 0 aromatic heterocycles. The maximum Gasteiger partial charge on any atom is 0.245 e. The molecule has 0 aliphatic carbocycles. The molecule has 2 unspecified atom stereocenters. The minimum atomic E-state index is -0.388. The van der Waals surface area contributed by atoms with Crippen LogP contribution in [-0.4, -0.2) is 28.8 Å². The van der Waals surface area contributed by atoms with Crippen molar-refractivity contribution in [1.82, 2.24) is 10.2 Å². The molecule has 1 aliphatic rings. The van der Waals surface area contributed by atoms with Crippen LogP contribution in [0.2, 0.25) is 0 Å². The summed E-state index contributed by atoms with van der Waals surface area (Å²) in [4.78, 5) is 26.0. The van der Waals surface area contributed by atoms with Crippen LogP contribution in [0.3, 0.4) is 0 Å². The van der Waals surface area contributed by atoms with E-state index in [1.807, 2.05) is 44.2 Å². The molecule has 1 heterocycles. The van der Waals surface area contributed by atoms with Crippen molar-refractivity contribution in [3.8, 4) is 0 Å². The zero-order valence-corrected chi connectivity index (χ0v) is 11.4. The lowest BCUT2D eigenvalue weighted by Gasteiger charge is -2.28. The molecule has 4 nitrogen and oxygen atoms in total. The van der Waals surface area contributed by atoms with Gasteiger partial charge < -0.3 is 10.2 Å². The highest BCUT2D eigenvalue weighted by molar-refractivity contribution is 5.90. The van der Waals surface area contributed by atoms with Gasteiger partial charge in [0.05, 0.1) is 0 Å². The molecule has 0 bridgehead atoms. The first-order chi connectivity index (χ1) is 9.11. The summed E-state index contributed by atoms with van der Waals surface area (Å²) < 4.78 is 0. The van der Waals surface area contributed by atoms with Gasteiger partial charge in [-0.2, -0.15) is 0 Å². The Hall–Kier alpha value is -1.84. The van der Waals surface area contributed by atoms with Gasteiger partial charge in [0.2, 0.25) is 11.8 Å². The molecule has 1 N–H and O–H groups in total. The van der Waals surface area contributed by atoms with E-state index >= 15 is 0 Å². The summed E-state index contributed by atoms with van der Waals surface area (Å²) in [5.41, 5.74) is 1.09. The number of hydrogen-bond donors (Lipinski definition) is 1. The third kappa shape index (κ3) is 3.13. The van der Waals surface area contributed by atoms with Gasteiger partial charge in [0, 0.05) is 19.0 Å². The summed E-state index contributed by atoms with van der Waals surface area (Å²) in [6.45, 7) is 4.41. The summed E-state index contributed by atoms with van der Waals surface area (Å²) in [6.07, 6.45) is 0.998. The number of amides is 2. The maximum absolute atomic E-state index is 12.4. The molecule has 4 heteroatoms. The summed E-state index contributed by atoms with van der Waals surface area (Å²) in [5, 5.41) is 2.79. The predicted octanol–water partition coefficient (Wildman–Crippen LogP) is 1.70. The fourth-order valence-electron chi connectivity index (χ4n) is 2.40. The Kier molecular flexibility index (Phi) is 4.20. The first-order valence-corrected chi connectivity index (χ1v) is 6.75. The molecule has 102 valence electrons. The normalized spacial score (nSPS) is 24.0. The van der Waals surface area contributed by atoms with Crippen molar-refractivity contribution in [3.63, 3.8) is 0 Å². The zero-order valence-electron chi connectivity index (χ0n) is 11.4. The van der Waals surface area contributed by atoms with Crippen molar-refractivity contribution in [2.45, 2.75) is 45.3 Å². The van der Waals surface area contributed by atoms with Gasteiger partial charge in [0.25, 0.3) is 0 Å². The smallest absolute Gasteiger partial charge is 0.245 e. The summed E-state index contributed by atoms with van der Waals surface area (Å²) in [6, 6.07) is 9.43. The van der Waals surface area contributed by atoms with Crippen LogP contribution in [0.15, 0.2) is 30.3 Å². The van der Waals surface area contributed by atoms with Gasteiger partial charge in [0.15, 0.2) is 0 Å². The summed E-state index contributed by atoms with van der Waals surface area (Å²) in [5.74, 6) is -0.0204. The van der Waals surface area contributed by atoms with Crippen molar-refractivity contribution < 1.29 is 9.59 Å². The second-order valence-electron chi connectivity index (χ2n) is 5.03. The Balaban J connectivity index is 2.20. The van der Waals surface area contributed by atoms with Crippen LogP contribution in [0.5, 0.6) is 0 Å². The minimum Gasteiger partial charge on any atom is -0.344 e. The summed E-state index contributed by atoms with van der Waals surface area (Å²) in [7, 11) is 0. The highest BCUT2D eigenvalue weighted by Gasteiger charge is 2.32. The Morgan fingerprint density at radius 1 is 1.26 bits per heavy atom. The fraction of sp³-hybridized carbons (Fsp3) is 0.467. The van der Waals surface area contributed by atoms with E-state index in [-0.39, 0.29) is 23.9 Å². The van der Waals surface area contributed by atoms with E-state index < -0.39 is 0 Å². The van der Waals surface area contributed by atoms with Crippen LogP contribution in [0.1, 0.15) is 32.3 Å². The van der Waals surface area contributed by atoms with Gasteiger partial charge in [-0.25, -0.2) is 0 Å². The lowest BCUT2D eigenvalue weighted by molar-refractivity contribution is -0.135. The van der Waals surface area contributed by atoms with Crippen molar-refractivity contribution in [2.75, 3.05) is 0 Å². The fourth-order valence-corrected chi connectivity index (χ4v) is 2.40. The SMILES string of the molecule is CCC1NC(=O)CC(C)N(Cc2ccccc2)C1=O. The van der Waals surface area contributed by atoms with Gasteiger partial charge in [-0.15, -0.1) is 0 Å². The monoisotopic (exact) mass is 260 g/mol. The molecule has 1 fully saturated rings. The van der Waals surface area contributed by atoms with Gasteiger partial charge in [-0.3, -0.25) is 9.59 Å². The van der Waals surface area contributed by atoms with Crippen LogP contribution in [0.25, 0.3) is 0 Å². The van der Waals surface area contributed by atoms with Crippen molar-refractivity contribution >= 4 is 11.8 Å². The second kappa shape index (κ2) is 5.87. The van der Waals surface area contributed by atoms with E-state index in [4.69, 9.17) is 0 Å². The number of rotatable bonds is 3. The topological polar surface area (TPSA) is 49.4 Å². The predicted molar refractivity (Wildman–Crippen MR) is 73.3 cm³/mol. The van der Waals surface area contributed by atoms with Crippen LogP contribution in [-0.2, 0) is 16.1 Å². The van der Waals surface area contributed by atoms with Gasteiger partial charge in [0.1, 0.15) is 6.04 Å². The Bertz CT molecular complexity index is 458. The molecule has 19 heavy (non-hydrogen) atoms. The molecule has 1 aliphatic heterocycles. The van der Waals surface area contributed by atoms with Crippen LogP contribution in [0, 0.1) is 0 Å². The third-order valence-electron chi connectivity index (χ3n) is 3.53. The minimum absolute atomic E-state index is 0.0182. The number of nitrogens with one attached hydrogen (secondary N) is 1. The van der Waals surface area contributed by atoms with Gasteiger partial charge in [-0.1, -0.05) is 37.3 Å². The van der Waals surface area contributed by atoms with E-state index in [1.54, 1.807) is 4.90 Å². The lowest BCUT2D eigenvalue weighted by Crippen LogP contribution is -2.45. The number of carbonyl (C=O) groups excluding carboxylic acids is 2. The molecule has 2 rings (SSSR count). The van der Waals surface area contributed by atoms with E-state index in [9.17, 15) is 9.59 Å². The molecule has 2 atom stereocenters. The van der Waals surface area contributed by atoms with E-state index in [2.05, 4.69) is 5.32 Å². The first kappa shape index (κ1) is 13.6. The summed E-state index contributed by atoms with van der Waals surface area (Å²) >= 11 is 0. The van der Waals surface area contributed by atoms with Gasteiger partial charge in [-0.05, 0) is 18.9 Å². The van der Waals surface area contributed by atoms with E-state index in [0.717, 1.165) is 5.56 Å². The quantitative estimate of drug-likeness (QED) is 0.899. The number of carbonyl (C=O) groups is 2.